The van der Waals surface area contributed by atoms with E-state index in [1.165, 1.54) is 0 Å². The van der Waals surface area contributed by atoms with Crippen LogP contribution in [-0.2, 0) is 0 Å². The SMILES string of the molecule is CC(C)n1ncc(Br)c1C(NN)c1sccc1Br. The van der Waals surface area contributed by atoms with Crippen molar-refractivity contribution >= 4 is 43.2 Å². The second-order valence-corrected chi connectivity index (χ2v) is 6.80. The van der Waals surface area contributed by atoms with E-state index in [-0.39, 0.29) is 12.1 Å². The molecule has 2 heterocycles. The van der Waals surface area contributed by atoms with Gasteiger partial charge < -0.3 is 0 Å². The lowest BCUT2D eigenvalue weighted by Gasteiger charge is -2.20. The standard InChI is InChI=1S/C11H14Br2N4S/c1-6(2)17-10(8(13)5-15-17)9(16-14)11-7(12)3-4-18-11/h3-6,9,16H,14H2,1-2H3. The van der Waals surface area contributed by atoms with Crippen molar-refractivity contribution in [3.8, 4) is 0 Å². The van der Waals surface area contributed by atoms with Gasteiger partial charge in [-0.2, -0.15) is 5.10 Å². The molecule has 0 aliphatic rings. The molecule has 2 rings (SSSR count). The van der Waals surface area contributed by atoms with Gasteiger partial charge in [0, 0.05) is 15.4 Å². The molecule has 4 nitrogen and oxygen atoms in total. The largest absolute Gasteiger partial charge is 0.270 e. The van der Waals surface area contributed by atoms with Crippen LogP contribution in [0.3, 0.4) is 0 Å². The van der Waals surface area contributed by atoms with Gasteiger partial charge in [0.05, 0.1) is 22.4 Å². The maximum Gasteiger partial charge on any atom is 0.0992 e. The first kappa shape index (κ1) is 14.2. The van der Waals surface area contributed by atoms with Crippen molar-refractivity contribution < 1.29 is 0 Å². The van der Waals surface area contributed by atoms with Gasteiger partial charge in [0.2, 0.25) is 0 Å². The van der Waals surface area contributed by atoms with Crippen molar-refractivity contribution in [1.82, 2.24) is 15.2 Å². The minimum absolute atomic E-state index is 0.0846. The summed E-state index contributed by atoms with van der Waals surface area (Å²) in [6, 6.07) is 2.22. The summed E-state index contributed by atoms with van der Waals surface area (Å²) in [7, 11) is 0. The summed E-state index contributed by atoms with van der Waals surface area (Å²) in [6.45, 7) is 4.19. The molecule has 0 fully saturated rings. The normalized spacial score (nSPS) is 13.2. The summed E-state index contributed by atoms with van der Waals surface area (Å²) in [5, 5.41) is 6.42. The Bertz CT molecular complexity index is 535. The van der Waals surface area contributed by atoms with Gasteiger partial charge >= 0.3 is 0 Å². The number of nitrogens with one attached hydrogen (secondary N) is 1. The van der Waals surface area contributed by atoms with Gasteiger partial charge in [-0.3, -0.25) is 10.5 Å². The Labute approximate surface area is 127 Å². The van der Waals surface area contributed by atoms with Crippen LogP contribution in [0.25, 0.3) is 0 Å². The lowest BCUT2D eigenvalue weighted by Crippen LogP contribution is -2.31. The number of rotatable bonds is 4. The molecule has 1 atom stereocenters. The maximum atomic E-state index is 5.74. The molecule has 0 saturated carbocycles. The van der Waals surface area contributed by atoms with Gasteiger partial charge in [0.25, 0.3) is 0 Å². The molecule has 98 valence electrons. The Morgan fingerprint density at radius 1 is 1.39 bits per heavy atom. The van der Waals surface area contributed by atoms with Crippen LogP contribution in [-0.4, -0.2) is 9.78 Å². The van der Waals surface area contributed by atoms with E-state index in [0.29, 0.717) is 0 Å². The number of hydrazine groups is 1. The van der Waals surface area contributed by atoms with E-state index in [2.05, 4.69) is 56.2 Å². The van der Waals surface area contributed by atoms with Crippen LogP contribution < -0.4 is 11.3 Å². The van der Waals surface area contributed by atoms with E-state index >= 15 is 0 Å². The monoisotopic (exact) mass is 392 g/mol. The number of nitrogens with zero attached hydrogens (tertiary/aromatic N) is 2. The first-order valence-corrected chi connectivity index (χ1v) is 7.94. The first-order valence-electron chi connectivity index (χ1n) is 5.48. The minimum Gasteiger partial charge on any atom is -0.270 e. The third-order valence-electron chi connectivity index (χ3n) is 2.62. The van der Waals surface area contributed by atoms with Crippen LogP contribution in [0.2, 0.25) is 0 Å². The smallest absolute Gasteiger partial charge is 0.0992 e. The zero-order valence-corrected chi connectivity index (χ0v) is 14.0. The van der Waals surface area contributed by atoms with Gasteiger partial charge in [-0.1, -0.05) is 0 Å². The molecule has 0 radical (unpaired) electrons. The summed E-state index contributed by atoms with van der Waals surface area (Å²) < 4.78 is 3.99. The minimum atomic E-state index is -0.0846. The van der Waals surface area contributed by atoms with Gasteiger partial charge in [-0.05, 0) is 57.2 Å². The van der Waals surface area contributed by atoms with E-state index < -0.39 is 0 Å². The highest BCUT2D eigenvalue weighted by Gasteiger charge is 2.24. The van der Waals surface area contributed by atoms with Crippen LogP contribution >= 0.6 is 43.2 Å². The lowest BCUT2D eigenvalue weighted by atomic mass is 10.1. The first-order chi connectivity index (χ1) is 8.56. The van der Waals surface area contributed by atoms with Gasteiger partial charge in [-0.15, -0.1) is 11.3 Å². The van der Waals surface area contributed by atoms with E-state index in [4.69, 9.17) is 5.84 Å². The van der Waals surface area contributed by atoms with Crippen molar-refractivity contribution in [2.45, 2.75) is 25.9 Å². The highest BCUT2D eigenvalue weighted by Crippen LogP contribution is 2.36. The summed E-state index contributed by atoms with van der Waals surface area (Å²) in [5.74, 6) is 5.74. The third kappa shape index (κ3) is 2.55. The Kier molecular flexibility index (Phi) is 4.60. The molecule has 1 unspecified atom stereocenters. The van der Waals surface area contributed by atoms with Crippen LogP contribution in [0.4, 0.5) is 0 Å². The number of aromatic nitrogens is 2. The number of nitrogens with two attached hydrogens (primary N) is 1. The van der Waals surface area contributed by atoms with Crippen LogP contribution in [0.15, 0.2) is 26.6 Å². The average Bonchev–Trinajstić information content (AvgIpc) is 2.89. The van der Waals surface area contributed by atoms with Crippen LogP contribution in [0.5, 0.6) is 0 Å². The summed E-state index contributed by atoms with van der Waals surface area (Å²) >= 11 is 8.76. The second kappa shape index (κ2) is 5.83. The molecule has 0 bridgehead atoms. The molecule has 0 amide bonds. The molecule has 0 aromatic carbocycles. The molecule has 2 aromatic heterocycles. The van der Waals surface area contributed by atoms with E-state index in [9.17, 15) is 0 Å². The van der Waals surface area contributed by atoms with Crippen molar-refractivity contribution in [3.63, 3.8) is 0 Å². The molecule has 0 saturated heterocycles. The number of halogens is 2. The Hall–Kier alpha value is -0.210. The summed E-state index contributed by atoms with van der Waals surface area (Å²) in [5.41, 5.74) is 3.91. The fourth-order valence-electron chi connectivity index (χ4n) is 1.82. The van der Waals surface area contributed by atoms with Gasteiger partial charge in [0.15, 0.2) is 0 Å². The summed E-state index contributed by atoms with van der Waals surface area (Å²) in [4.78, 5) is 1.14. The van der Waals surface area contributed by atoms with Crippen LogP contribution in [0, 0.1) is 0 Å². The van der Waals surface area contributed by atoms with E-state index in [0.717, 1.165) is 19.5 Å². The highest BCUT2D eigenvalue weighted by atomic mass is 79.9. The van der Waals surface area contributed by atoms with E-state index in [1.54, 1.807) is 17.5 Å². The van der Waals surface area contributed by atoms with Crippen molar-refractivity contribution in [3.05, 3.63) is 37.2 Å². The summed E-state index contributed by atoms with van der Waals surface area (Å²) in [6.07, 6.45) is 1.81. The number of hydrogen-bond donors (Lipinski definition) is 2. The van der Waals surface area contributed by atoms with Gasteiger partial charge in [-0.25, -0.2) is 5.43 Å². The quantitative estimate of drug-likeness (QED) is 0.616. The number of thiophene rings is 1. The predicted molar refractivity (Wildman–Crippen MR) is 81.5 cm³/mol. The molecule has 0 spiro atoms. The molecule has 2 aromatic rings. The molecular formula is C11H14Br2N4S. The highest BCUT2D eigenvalue weighted by molar-refractivity contribution is 9.10. The Morgan fingerprint density at radius 3 is 2.61 bits per heavy atom. The van der Waals surface area contributed by atoms with Crippen molar-refractivity contribution in [1.29, 1.82) is 0 Å². The third-order valence-corrected chi connectivity index (χ3v) is 5.17. The molecule has 3 N–H and O–H groups in total. The van der Waals surface area contributed by atoms with Crippen molar-refractivity contribution in [2.75, 3.05) is 0 Å². The lowest BCUT2D eigenvalue weighted by molar-refractivity contribution is 0.477. The molecule has 18 heavy (non-hydrogen) atoms. The number of hydrogen-bond acceptors (Lipinski definition) is 4. The fraction of sp³-hybridized carbons (Fsp3) is 0.364. The van der Waals surface area contributed by atoms with E-state index in [1.807, 2.05) is 16.1 Å². The predicted octanol–water partition coefficient (Wildman–Crippen LogP) is 3.60. The molecule has 7 heteroatoms. The maximum absolute atomic E-state index is 5.74. The fourth-order valence-corrected chi connectivity index (χ4v) is 3.99. The zero-order chi connectivity index (χ0) is 13.3. The van der Waals surface area contributed by atoms with Crippen molar-refractivity contribution in [2.24, 2.45) is 5.84 Å². The Morgan fingerprint density at radius 2 is 2.11 bits per heavy atom. The average molecular weight is 394 g/mol. The second-order valence-electron chi connectivity index (χ2n) is 4.15. The van der Waals surface area contributed by atoms with Gasteiger partial charge in [0.1, 0.15) is 0 Å². The molecule has 0 aliphatic heterocycles. The topological polar surface area (TPSA) is 55.9 Å². The molecular weight excluding hydrogens is 380 g/mol. The Balaban J connectivity index is 2.52. The zero-order valence-electron chi connectivity index (χ0n) is 10.0. The molecule has 0 aliphatic carbocycles. The van der Waals surface area contributed by atoms with Crippen LogP contribution in [0.1, 0.15) is 36.5 Å².